The van der Waals surface area contributed by atoms with Crippen LogP contribution in [0.1, 0.15) is 6.92 Å². The third kappa shape index (κ3) is 2.86. The van der Waals surface area contributed by atoms with E-state index in [2.05, 4.69) is 5.32 Å². The van der Waals surface area contributed by atoms with Gasteiger partial charge in [-0.15, -0.1) is 0 Å². The van der Waals surface area contributed by atoms with E-state index >= 15 is 0 Å². The van der Waals surface area contributed by atoms with Gasteiger partial charge in [-0.2, -0.15) is 4.39 Å². The van der Waals surface area contributed by atoms with Crippen LogP contribution >= 0.6 is 0 Å². The van der Waals surface area contributed by atoms with Crippen LogP contribution in [-0.4, -0.2) is 16.9 Å². The molecule has 0 fully saturated rings. The zero-order chi connectivity index (χ0) is 13.2. The number of primary amides is 1. The smallest absolute Gasteiger partial charge is 0.327 e. The fourth-order valence-electron chi connectivity index (χ4n) is 1.17. The molecule has 17 heavy (non-hydrogen) atoms. The highest BCUT2D eigenvalue weighted by Gasteiger charge is 2.23. The molecule has 1 aromatic carbocycles. The molecule has 1 aromatic rings. The second-order valence-electron chi connectivity index (χ2n) is 3.31. The van der Waals surface area contributed by atoms with Gasteiger partial charge in [-0.05, 0) is 6.92 Å². The molecule has 0 aliphatic rings. The lowest BCUT2D eigenvalue weighted by molar-refractivity contribution is -0.386. The molecule has 1 rings (SSSR count). The Kier molecular flexibility index (Phi) is 3.56. The average Bonchev–Trinajstić information content (AvgIpc) is 2.14. The van der Waals surface area contributed by atoms with Crippen LogP contribution in [-0.2, 0) is 4.79 Å². The quantitative estimate of drug-likeness (QED) is 0.614. The van der Waals surface area contributed by atoms with E-state index in [1.807, 2.05) is 0 Å². The number of halogens is 2. The molecule has 8 heteroatoms. The average molecular weight is 245 g/mol. The van der Waals surface area contributed by atoms with Gasteiger partial charge in [0.05, 0.1) is 4.92 Å². The second kappa shape index (κ2) is 4.73. The third-order valence-corrected chi connectivity index (χ3v) is 2.01. The minimum absolute atomic E-state index is 0.387. The molecule has 0 radical (unpaired) electrons. The lowest BCUT2D eigenvalue weighted by Gasteiger charge is -2.12. The van der Waals surface area contributed by atoms with Gasteiger partial charge >= 0.3 is 5.69 Å². The van der Waals surface area contributed by atoms with Gasteiger partial charge in [0, 0.05) is 12.1 Å². The summed E-state index contributed by atoms with van der Waals surface area (Å²) in [5.74, 6) is -3.12. The second-order valence-corrected chi connectivity index (χ2v) is 3.31. The van der Waals surface area contributed by atoms with Crippen molar-refractivity contribution in [2.45, 2.75) is 13.0 Å². The third-order valence-electron chi connectivity index (χ3n) is 2.01. The van der Waals surface area contributed by atoms with Crippen LogP contribution in [0.15, 0.2) is 12.1 Å². The first kappa shape index (κ1) is 12.8. The number of nitrogens with one attached hydrogen (secondary N) is 1. The SMILES string of the molecule is CC(Nc1cc(F)cc(F)c1[N+](=O)[O-])C(N)=O. The number of rotatable bonds is 4. The summed E-state index contributed by atoms with van der Waals surface area (Å²) in [5.41, 5.74) is 3.56. The summed E-state index contributed by atoms with van der Waals surface area (Å²) in [6, 6.07) is 0.119. The van der Waals surface area contributed by atoms with Crippen LogP contribution in [0.25, 0.3) is 0 Å². The molecule has 0 heterocycles. The highest BCUT2D eigenvalue weighted by molar-refractivity contribution is 5.83. The van der Waals surface area contributed by atoms with Crippen LogP contribution in [0.4, 0.5) is 20.2 Å². The van der Waals surface area contributed by atoms with Crippen molar-refractivity contribution < 1.29 is 18.5 Å². The van der Waals surface area contributed by atoms with Crippen LogP contribution in [0, 0.1) is 21.7 Å². The summed E-state index contributed by atoms with van der Waals surface area (Å²) in [6.07, 6.45) is 0. The molecule has 1 atom stereocenters. The maximum atomic E-state index is 13.2. The lowest BCUT2D eigenvalue weighted by atomic mass is 10.2. The minimum Gasteiger partial charge on any atom is -0.368 e. The molecule has 3 N–H and O–H groups in total. The van der Waals surface area contributed by atoms with E-state index in [1.165, 1.54) is 6.92 Å². The van der Waals surface area contributed by atoms with Gasteiger partial charge in [-0.3, -0.25) is 14.9 Å². The number of hydrogen-bond acceptors (Lipinski definition) is 4. The number of carbonyl (C=O) groups excluding carboxylic acids is 1. The van der Waals surface area contributed by atoms with Gasteiger partial charge in [0.1, 0.15) is 17.5 Å². The van der Waals surface area contributed by atoms with Crippen molar-refractivity contribution in [1.82, 2.24) is 0 Å². The fourth-order valence-corrected chi connectivity index (χ4v) is 1.17. The van der Waals surface area contributed by atoms with E-state index in [9.17, 15) is 23.7 Å². The zero-order valence-electron chi connectivity index (χ0n) is 8.74. The Labute approximate surface area is 94.6 Å². The molecule has 0 aliphatic heterocycles. The van der Waals surface area contributed by atoms with Crippen molar-refractivity contribution in [2.75, 3.05) is 5.32 Å². The Balaban J connectivity index is 3.21. The summed E-state index contributed by atoms with van der Waals surface area (Å²) in [4.78, 5) is 20.3. The number of nitro benzene ring substituents is 1. The fraction of sp³-hybridized carbons (Fsp3) is 0.222. The van der Waals surface area contributed by atoms with E-state index in [1.54, 1.807) is 0 Å². The molecule has 1 amide bonds. The highest BCUT2D eigenvalue weighted by atomic mass is 19.1. The first-order valence-electron chi connectivity index (χ1n) is 4.52. The van der Waals surface area contributed by atoms with Crippen LogP contribution in [0.5, 0.6) is 0 Å². The van der Waals surface area contributed by atoms with E-state index in [0.717, 1.165) is 6.07 Å². The summed E-state index contributed by atoms with van der Waals surface area (Å²) in [7, 11) is 0. The van der Waals surface area contributed by atoms with Crippen LogP contribution < -0.4 is 11.1 Å². The molecular formula is C9H9F2N3O3. The predicted octanol–water partition coefficient (Wildman–Crippen LogP) is 1.16. The van der Waals surface area contributed by atoms with E-state index in [4.69, 9.17) is 5.73 Å². The minimum atomic E-state index is -1.32. The van der Waals surface area contributed by atoms with Gasteiger partial charge < -0.3 is 11.1 Å². The van der Waals surface area contributed by atoms with Crippen molar-refractivity contribution in [3.8, 4) is 0 Å². The van der Waals surface area contributed by atoms with Crippen molar-refractivity contribution in [3.63, 3.8) is 0 Å². The molecule has 0 aliphatic carbocycles. The monoisotopic (exact) mass is 245 g/mol. The molecule has 6 nitrogen and oxygen atoms in total. The van der Waals surface area contributed by atoms with E-state index in [-0.39, 0.29) is 0 Å². The van der Waals surface area contributed by atoms with Crippen LogP contribution in [0.3, 0.4) is 0 Å². The molecular weight excluding hydrogens is 236 g/mol. The van der Waals surface area contributed by atoms with Gasteiger partial charge in [0.15, 0.2) is 0 Å². The first-order valence-corrected chi connectivity index (χ1v) is 4.52. The van der Waals surface area contributed by atoms with Crippen molar-refractivity contribution >= 4 is 17.3 Å². The molecule has 0 spiro atoms. The van der Waals surface area contributed by atoms with Crippen molar-refractivity contribution in [3.05, 3.63) is 33.9 Å². The van der Waals surface area contributed by atoms with E-state index in [0.29, 0.717) is 6.07 Å². The Morgan fingerprint density at radius 3 is 2.59 bits per heavy atom. The maximum Gasteiger partial charge on any atom is 0.327 e. The number of benzene rings is 1. The Bertz CT molecular complexity index is 479. The topological polar surface area (TPSA) is 98.3 Å². The Hall–Kier alpha value is -2.25. The standard InChI is InChI=1S/C9H9F2N3O3/c1-4(9(12)15)13-7-3-5(10)2-6(11)8(7)14(16)17/h2-4,13H,1H3,(H2,12,15). The summed E-state index contributed by atoms with van der Waals surface area (Å²) >= 11 is 0. The molecule has 0 saturated carbocycles. The zero-order valence-corrected chi connectivity index (χ0v) is 8.74. The number of hydrogen-bond donors (Lipinski definition) is 2. The largest absolute Gasteiger partial charge is 0.368 e. The first-order chi connectivity index (χ1) is 7.82. The number of carbonyl (C=O) groups is 1. The molecule has 1 unspecified atom stereocenters. The molecule has 92 valence electrons. The number of nitro groups is 1. The Morgan fingerprint density at radius 2 is 2.12 bits per heavy atom. The molecule has 0 saturated heterocycles. The number of amides is 1. The van der Waals surface area contributed by atoms with Crippen molar-refractivity contribution in [2.24, 2.45) is 5.73 Å². The molecule has 0 bridgehead atoms. The number of nitrogens with two attached hydrogens (primary N) is 1. The summed E-state index contributed by atoms with van der Waals surface area (Å²) < 4.78 is 26.1. The van der Waals surface area contributed by atoms with Gasteiger partial charge in [-0.25, -0.2) is 4.39 Å². The van der Waals surface area contributed by atoms with Crippen LogP contribution in [0.2, 0.25) is 0 Å². The predicted molar refractivity (Wildman–Crippen MR) is 55.3 cm³/mol. The summed E-state index contributed by atoms with van der Waals surface area (Å²) in [5, 5.41) is 12.9. The normalized spacial score (nSPS) is 11.9. The highest BCUT2D eigenvalue weighted by Crippen LogP contribution is 2.29. The Morgan fingerprint density at radius 1 is 1.53 bits per heavy atom. The summed E-state index contributed by atoms with van der Waals surface area (Å²) in [6.45, 7) is 1.31. The van der Waals surface area contributed by atoms with Crippen molar-refractivity contribution in [1.29, 1.82) is 0 Å². The maximum absolute atomic E-state index is 13.2. The molecule has 0 aromatic heterocycles. The number of anilines is 1. The number of nitrogens with zero attached hydrogens (tertiary/aromatic N) is 1. The van der Waals surface area contributed by atoms with Gasteiger partial charge in [0.2, 0.25) is 11.7 Å². The van der Waals surface area contributed by atoms with Gasteiger partial charge in [-0.1, -0.05) is 0 Å². The van der Waals surface area contributed by atoms with E-state index < -0.39 is 39.9 Å². The lowest BCUT2D eigenvalue weighted by Crippen LogP contribution is -2.32. The van der Waals surface area contributed by atoms with Gasteiger partial charge in [0.25, 0.3) is 0 Å².